The van der Waals surface area contributed by atoms with Crippen molar-refractivity contribution in [2.45, 2.75) is 39.3 Å². The molecule has 19 heavy (non-hydrogen) atoms. The Labute approximate surface area is 118 Å². The SMILES string of the molecule is Cc1cccc(Cc2nsc(NC(C)C(C)N)n2)c1. The summed E-state index contributed by atoms with van der Waals surface area (Å²) in [7, 11) is 0. The molecule has 102 valence electrons. The third kappa shape index (κ3) is 4.01. The van der Waals surface area contributed by atoms with Crippen LogP contribution in [0.4, 0.5) is 5.13 Å². The summed E-state index contributed by atoms with van der Waals surface area (Å²) in [5.74, 6) is 0.856. The molecule has 1 heterocycles. The fourth-order valence-corrected chi connectivity index (χ4v) is 2.40. The maximum atomic E-state index is 5.82. The lowest BCUT2D eigenvalue weighted by molar-refractivity contribution is 0.638. The molecule has 0 saturated carbocycles. The van der Waals surface area contributed by atoms with Crippen LogP contribution < -0.4 is 11.1 Å². The second-order valence-electron chi connectivity index (χ2n) is 4.97. The Morgan fingerprint density at radius 1 is 1.37 bits per heavy atom. The van der Waals surface area contributed by atoms with E-state index in [1.54, 1.807) is 0 Å². The average molecular weight is 276 g/mol. The van der Waals surface area contributed by atoms with Gasteiger partial charge >= 0.3 is 0 Å². The molecule has 2 atom stereocenters. The summed E-state index contributed by atoms with van der Waals surface area (Å²) in [5.41, 5.74) is 8.33. The monoisotopic (exact) mass is 276 g/mol. The highest BCUT2D eigenvalue weighted by Crippen LogP contribution is 2.16. The van der Waals surface area contributed by atoms with Crippen molar-refractivity contribution in [1.82, 2.24) is 9.36 Å². The van der Waals surface area contributed by atoms with Gasteiger partial charge in [-0.05, 0) is 26.3 Å². The lowest BCUT2D eigenvalue weighted by atomic mass is 10.1. The highest BCUT2D eigenvalue weighted by Gasteiger charge is 2.10. The van der Waals surface area contributed by atoms with E-state index in [0.29, 0.717) is 0 Å². The van der Waals surface area contributed by atoms with Crippen molar-refractivity contribution in [2.75, 3.05) is 5.32 Å². The van der Waals surface area contributed by atoms with Gasteiger partial charge in [-0.25, -0.2) is 4.98 Å². The van der Waals surface area contributed by atoms with Gasteiger partial charge in [0.2, 0.25) is 5.13 Å². The van der Waals surface area contributed by atoms with E-state index in [2.05, 4.69) is 45.9 Å². The van der Waals surface area contributed by atoms with Crippen molar-refractivity contribution >= 4 is 16.7 Å². The van der Waals surface area contributed by atoms with Gasteiger partial charge in [-0.2, -0.15) is 4.37 Å². The molecule has 2 rings (SSSR count). The standard InChI is InChI=1S/C14H20N4S/c1-9-5-4-6-12(7-9)8-13-17-14(19-18-13)16-11(3)10(2)15/h4-7,10-11H,8,15H2,1-3H3,(H,16,17,18). The van der Waals surface area contributed by atoms with E-state index in [1.165, 1.54) is 22.7 Å². The Morgan fingerprint density at radius 3 is 2.84 bits per heavy atom. The van der Waals surface area contributed by atoms with Crippen LogP contribution >= 0.6 is 11.5 Å². The molecule has 0 bridgehead atoms. The number of nitrogens with zero attached hydrogens (tertiary/aromatic N) is 2. The topological polar surface area (TPSA) is 63.8 Å². The Hall–Kier alpha value is -1.46. The van der Waals surface area contributed by atoms with Crippen LogP contribution in [0.2, 0.25) is 0 Å². The van der Waals surface area contributed by atoms with E-state index in [-0.39, 0.29) is 12.1 Å². The molecule has 5 heteroatoms. The van der Waals surface area contributed by atoms with Crippen molar-refractivity contribution in [3.8, 4) is 0 Å². The lowest BCUT2D eigenvalue weighted by Crippen LogP contribution is -2.35. The van der Waals surface area contributed by atoms with Crippen molar-refractivity contribution < 1.29 is 0 Å². The summed E-state index contributed by atoms with van der Waals surface area (Å²) in [6, 6.07) is 8.71. The summed E-state index contributed by atoms with van der Waals surface area (Å²) in [4.78, 5) is 4.50. The minimum absolute atomic E-state index is 0.0872. The molecule has 1 aromatic carbocycles. The maximum absolute atomic E-state index is 5.82. The first-order chi connectivity index (χ1) is 9.04. The van der Waals surface area contributed by atoms with Crippen LogP contribution in [-0.4, -0.2) is 21.4 Å². The highest BCUT2D eigenvalue weighted by molar-refractivity contribution is 7.09. The van der Waals surface area contributed by atoms with Crippen LogP contribution in [0.1, 0.15) is 30.8 Å². The number of hydrogen-bond donors (Lipinski definition) is 2. The van der Waals surface area contributed by atoms with Crippen molar-refractivity contribution in [3.05, 3.63) is 41.2 Å². The summed E-state index contributed by atoms with van der Waals surface area (Å²) in [5, 5.41) is 4.12. The van der Waals surface area contributed by atoms with Gasteiger partial charge < -0.3 is 11.1 Å². The van der Waals surface area contributed by atoms with Gasteiger partial charge in [-0.3, -0.25) is 0 Å². The van der Waals surface area contributed by atoms with Gasteiger partial charge in [-0.1, -0.05) is 29.8 Å². The average Bonchev–Trinajstić information content (AvgIpc) is 2.76. The molecule has 0 amide bonds. The van der Waals surface area contributed by atoms with Gasteiger partial charge in [0.25, 0.3) is 0 Å². The van der Waals surface area contributed by atoms with Crippen LogP contribution in [0.25, 0.3) is 0 Å². The summed E-state index contributed by atoms with van der Waals surface area (Å²) < 4.78 is 4.38. The summed E-state index contributed by atoms with van der Waals surface area (Å²) in [6.07, 6.45) is 0.770. The number of benzene rings is 1. The Kier molecular flexibility index (Phi) is 4.50. The second kappa shape index (κ2) is 6.12. The first-order valence-electron chi connectivity index (χ1n) is 6.45. The number of nitrogens with one attached hydrogen (secondary N) is 1. The molecule has 0 saturated heterocycles. The zero-order valence-electron chi connectivity index (χ0n) is 11.6. The van der Waals surface area contributed by atoms with E-state index in [9.17, 15) is 0 Å². The molecule has 0 radical (unpaired) electrons. The Balaban J connectivity index is 2.01. The first-order valence-corrected chi connectivity index (χ1v) is 7.22. The predicted molar refractivity (Wildman–Crippen MR) is 80.6 cm³/mol. The van der Waals surface area contributed by atoms with Crippen molar-refractivity contribution in [2.24, 2.45) is 5.73 Å². The Bertz CT molecular complexity index is 536. The van der Waals surface area contributed by atoms with E-state index in [4.69, 9.17) is 5.73 Å². The third-order valence-electron chi connectivity index (χ3n) is 3.05. The number of aryl methyl sites for hydroxylation is 1. The molecule has 1 aromatic heterocycles. The zero-order chi connectivity index (χ0) is 13.8. The van der Waals surface area contributed by atoms with Gasteiger partial charge in [0, 0.05) is 30.0 Å². The summed E-state index contributed by atoms with van der Waals surface area (Å²) in [6.45, 7) is 6.12. The van der Waals surface area contributed by atoms with Crippen LogP contribution in [0.15, 0.2) is 24.3 Å². The quantitative estimate of drug-likeness (QED) is 0.881. The minimum Gasteiger partial charge on any atom is -0.356 e. The lowest BCUT2D eigenvalue weighted by Gasteiger charge is -2.15. The zero-order valence-corrected chi connectivity index (χ0v) is 12.4. The molecular weight excluding hydrogens is 256 g/mol. The number of hydrogen-bond acceptors (Lipinski definition) is 5. The normalized spacial score (nSPS) is 14.1. The molecular formula is C14H20N4S. The smallest absolute Gasteiger partial charge is 0.202 e. The second-order valence-corrected chi connectivity index (χ2v) is 5.73. The molecule has 4 nitrogen and oxygen atoms in total. The summed E-state index contributed by atoms with van der Waals surface area (Å²) >= 11 is 1.39. The van der Waals surface area contributed by atoms with Crippen LogP contribution in [0, 0.1) is 6.92 Å². The van der Waals surface area contributed by atoms with E-state index < -0.39 is 0 Å². The molecule has 0 aliphatic heterocycles. The molecule has 0 spiro atoms. The largest absolute Gasteiger partial charge is 0.356 e. The minimum atomic E-state index is 0.0872. The van der Waals surface area contributed by atoms with Crippen molar-refractivity contribution in [3.63, 3.8) is 0 Å². The molecule has 0 fully saturated rings. The molecule has 2 unspecified atom stereocenters. The fraction of sp³-hybridized carbons (Fsp3) is 0.429. The predicted octanol–water partition coefficient (Wildman–Crippen LogP) is 2.58. The van der Waals surface area contributed by atoms with E-state index >= 15 is 0 Å². The van der Waals surface area contributed by atoms with E-state index in [1.807, 2.05) is 13.8 Å². The molecule has 3 N–H and O–H groups in total. The maximum Gasteiger partial charge on any atom is 0.202 e. The first kappa shape index (κ1) is 14.0. The number of nitrogens with two attached hydrogens (primary N) is 1. The van der Waals surface area contributed by atoms with Gasteiger partial charge in [0.15, 0.2) is 0 Å². The van der Waals surface area contributed by atoms with Crippen LogP contribution in [-0.2, 0) is 6.42 Å². The van der Waals surface area contributed by atoms with Gasteiger partial charge in [0.1, 0.15) is 5.82 Å². The van der Waals surface area contributed by atoms with E-state index in [0.717, 1.165) is 17.4 Å². The van der Waals surface area contributed by atoms with Crippen LogP contribution in [0.5, 0.6) is 0 Å². The van der Waals surface area contributed by atoms with Gasteiger partial charge in [0.05, 0.1) is 0 Å². The number of anilines is 1. The Morgan fingerprint density at radius 2 is 2.16 bits per heavy atom. The number of aromatic nitrogens is 2. The molecule has 0 aliphatic rings. The third-order valence-corrected chi connectivity index (χ3v) is 3.74. The van der Waals surface area contributed by atoms with Crippen molar-refractivity contribution in [1.29, 1.82) is 0 Å². The fourth-order valence-electron chi connectivity index (χ4n) is 1.72. The molecule has 2 aromatic rings. The molecule has 0 aliphatic carbocycles. The highest BCUT2D eigenvalue weighted by atomic mass is 32.1. The van der Waals surface area contributed by atoms with Crippen LogP contribution in [0.3, 0.4) is 0 Å². The van der Waals surface area contributed by atoms with Gasteiger partial charge in [-0.15, -0.1) is 0 Å². The number of rotatable bonds is 5.